The van der Waals surface area contributed by atoms with Gasteiger partial charge in [-0.25, -0.2) is 0 Å². The fourth-order valence-corrected chi connectivity index (χ4v) is 2.07. The smallest absolute Gasteiger partial charge is 0.265 e. The third-order valence-electron chi connectivity index (χ3n) is 2.71. The van der Waals surface area contributed by atoms with Gasteiger partial charge in [-0.1, -0.05) is 18.2 Å². The number of benzene rings is 1. The maximum Gasteiger partial charge on any atom is 0.265 e. The molecule has 0 saturated heterocycles. The number of aromatic nitrogens is 1. The minimum Gasteiger partial charge on any atom is -0.324 e. The van der Waals surface area contributed by atoms with Crippen LogP contribution in [0.5, 0.6) is 0 Å². The summed E-state index contributed by atoms with van der Waals surface area (Å²) in [5.74, 6) is -0.227. The third kappa shape index (κ3) is 3.32. The number of anilines is 1. The van der Waals surface area contributed by atoms with Gasteiger partial charge in [0.25, 0.3) is 5.56 Å². The Bertz CT molecular complexity index is 664. The van der Waals surface area contributed by atoms with Crippen molar-refractivity contribution in [1.82, 2.24) is 4.57 Å². The first-order valence-corrected chi connectivity index (χ1v) is 6.57. The van der Waals surface area contributed by atoms with Crippen molar-refractivity contribution in [3.8, 4) is 0 Å². The predicted molar refractivity (Wildman–Crippen MR) is 78.2 cm³/mol. The number of nitrogens with one attached hydrogen (secondary N) is 1. The van der Waals surface area contributed by atoms with E-state index in [1.165, 1.54) is 4.57 Å². The monoisotopic (exact) mass is 320 g/mol. The van der Waals surface area contributed by atoms with Crippen molar-refractivity contribution in [2.45, 2.75) is 13.5 Å². The highest BCUT2D eigenvalue weighted by molar-refractivity contribution is 9.10. The van der Waals surface area contributed by atoms with Crippen molar-refractivity contribution >= 4 is 27.5 Å². The van der Waals surface area contributed by atoms with E-state index in [0.717, 1.165) is 11.3 Å². The SMILES string of the molecule is Cc1ccccc1NC(=O)Cn1cccc(Br)c1=O. The molecule has 1 N–H and O–H groups in total. The molecule has 5 heteroatoms. The number of hydrogen-bond acceptors (Lipinski definition) is 2. The van der Waals surface area contributed by atoms with E-state index in [0.29, 0.717) is 4.47 Å². The Labute approximate surface area is 119 Å². The second-order valence-electron chi connectivity index (χ2n) is 4.15. The molecule has 0 bridgehead atoms. The van der Waals surface area contributed by atoms with Crippen LogP contribution in [0.4, 0.5) is 5.69 Å². The zero-order chi connectivity index (χ0) is 13.8. The Hall–Kier alpha value is -1.88. The van der Waals surface area contributed by atoms with Gasteiger partial charge in [0, 0.05) is 11.9 Å². The lowest BCUT2D eigenvalue weighted by molar-refractivity contribution is -0.116. The predicted octanol–water partition coefficient (Wildman–Crippen LogP) is 2.56. The van der Waals surface area contributed by atoms with Crippen LogP contribution < -0.4 is 10.9 Å². The van der Waals surface area contributed by atoms with E-state index < -0.39 is 0 Å². The normalized spacial score (nSPS) is 10.2. The van der Waals surface area contributed by atoms with Crippen molar-refractivity contribution in [3.63, 3.8) is 0 Å². The molecule has 0 fully saturated rings. The number of nitrogens with zero attached hydrogens (tertiary/aromatic N) is 1. The number of carbonyl (C=O) groups excluding carboxylic acids is 1. The largest absolute Gasteiger partial charge is 0.324 e. The lowest BCUT2D eigenvalue weighted by Gasteiger charge is -2.09. The van der Waals surface area contributed by atoms with Crippen LogP contribution in [0.15, 0.2) is 51.9 Å². The van der Waals surface area contributed by atoms with Crippen molar-refractivity contribution in [1.29, 1.82) is 0 Å². The van der Waals surface area contributed by atoms with E-state index >= 15 is 0 Å². The second kappa shape index (κ2) is 5.84. The van der Waals surface area contributed by atoms with Gasteiger partial charge in [-0.2, -0.15) is 0 Å². The van der Waals surface area contributed by atoms with Crippen LogP contribution in [0.1, 0.15) is 5.56 Å². The first kappa shape index (κ1) is 13.5. The summed E-state index contributed by atoms with van der Waals surface area (Å²) in [6.07, 6.45) is 1.59. The van der Waals surface area contributed by atoms with Gasteiger partial charge in [0.2, 0.25) is 5.91 Å². The number of rotatable bonds is 3. The zero-order valence-electron chi connectivity index (χ0n) is 10.4. The Balaban J connectivity index is 2.12. The quantitative estimate of drug-likeness (QED) is 0.944. The van der Waals surface area contributed by atoms with Gasteiger partial charge in [-0.05, 0) is 46.6 Å². The molecule has 0 aliphatic carbocycles. The van der Waals surface area contributed by atoms with Gasteiger partial charge < -0.3 is 9.88 Å². The van der Waals surface area contributed by atoms with Crippen molar-refractivity contribution in [2.24, 2.45) is 0 Å². The van der Waals surface area contributed by atoms with Crippen LogP contribution in [0.3, 0.4) is 0 Å². The van der Waals surface area contributed by atoms with Crippen LogP contribution in [0.25, 0.3) is 0 Å². The number of carbonyl (C=O) groups is 1. The molecule has 0 spiro atoms. The number of aryl methyl sites for hydroxylation is 1. The highest BCUT2D eigenvalue weighted by Crippen LogP contribution is 2.12. The lowest BCUT2D eigenvalue weighted by Crippen LogP contribution is -2.27. The van der Waals surface area contributed by atoms with Crippen molar-refractivity contribution in [2.75, 3.05) is 5.32 Å². The summed E-state index contributed by atoms with van der Waals surface area (Å²) >= 11 is 3.15. The van der Waals surface area contributed by atoms with Crippen LogP contribution in [0, 0.1) is 6.92 Å². The number of halogens is 1. The van der Waals surface area contributed by atoms with Gasteiger partial charge in [-0.15, -0.1) is 0 Å². The van der Waals surface area contributed by atoms with Gasteiger partial charge in [0.05, 0.1) is 4.47 Å². The molecule has 1 heterocycles. The summed E-state index contributed by atoms with van der Waals surface area (Å²) in [7, 11) is 0. The molecule has 98 valence electrons. The molecule has 2 aromatic rings. The molecule has 0 aliphatic rings. The van der Waals surface area contributed by atoms with Crippen molar-refractivity contribution in [3.05, 3.63) is 63.0 Å². The summed E-state index contributed by atoms with van der Waals surface area (Å²) in [6, 6.07) is 10.9. The van der Waals surface area contributed by atoms with E-state index in [9.17, 15) is 9.59 Å². The van der Waals surface area contributed by atoms with E-state index in [1.54, 1.807) is 18.3 Å². The molecular formula is C14H13BrN2O2. The molecule has 1 aromatic carbocycles. The zero-order valence-corrected chi connectivity index (χ0v) is 12.0. The highest BCUT2D eigenvalue weighted by atomic mass is 79.9. The van der Waals surface area contributed by atoms with Gasteiger partial charge in [0.1, 0.15) is 6.54 Å². The summed E-state index contributed by atoms with van der Waals surface area (Å²) in [5, 5.41) is 2.79. The van der Waals surface area contributed by atoms with Crippen molar-refractivity contribution < 1.29 is 4.79 Å². The van der Waals surface area contributed by atoms with E-state index in [-0.39, 0.29) is 18.0 Å². The molecule has 1 amide bonds. The Kier molecular flexibility index (Phi) is 4.16. The minimum atomic E-state index is -0.227. The van der Waals surface area contributed by atoms with Crippen LogP contribution in [-0.4, -0.2) is 10.5 Å². The fourth-order valence-electron chi connectivity index (χ4n) is 1.69. The summed E-state index contributed by atoms with van der Waals surface area (Å²) in [4.78, 5) is 23.7. The molecule has 0 aliphatic heterocycles. The van der Waals surface area contributed by atoms with Gasteiger partial charge in [0.15, 0.2) is 0 Å². The summed E-state index contributed by atoms with van der Waals surface area (Å²) in [5.41, 5.74) is 1.52. The molecule has 0 unspecified atom stereocenters. The molecular weight excluding hydrogens is 308 g/mol. The highest BCUT2D eigenvalue weighted by Gasteiger charge is 2.07. The first-order valence-electron chi connectivity index (χ1n) is 5.78. The maximum atomic E-state index is 11.9. The molecule has 4 nitrogen and oxygen atoms in total. The van der Waals surface area contributed by atoms with Gasteiger partial charge in [-0.3, -0.25) is 9.59 Å². The topological polar surface area (TPSA) is 51.1 Å². The first-order chi connectivity index (χ1) is 9.08. The number of hydrogen-bond donors (Lipinski definition) is 1. The Morgan fingerprint density at radius 2 is 2.00 bits per heavy atom. The summed E-state index contributed by atoms with van der Waals surface area (Å²) < 4.78 is 1.80. The maximum absolute atomic E-state index is 11.9. The average molecular weight is 321 g/mol. The summed E-state index contributed by atoms with van der Waals surface area (Å²) in [6.45, 7) is 1.91. The molecule has 19 heavy (non-hydrogen) atoms. The molecule has 1 aromatic heterocycles. The van der Waals surface area contributed by atoms with Crippen LogP contribution >= 0.6 is 15.9 Å². The van der Waals surface area contributed by atoms with Crippen LogP contribution in [0.2, 0.25) is 0 Å². The Morgan fingerprint density at radius 1 is 1.26 bits per heavy atom. The lowest BCUT2D eigenvalue weighted by atomic mass is 10.2. The minimum absolute atomic E-state index is 0.00733. The molecule has 0 saturated carbocycles. The molecule has 2 rings (SSSR count). The van der Waals surface area contributed by atoms with E-state index in [1.807, 2.05) is 31.2 Å². The molecule has 0 radical (unpaired) electrons. The standard InChI is InChI=1S/C14H13BrN2O2/c1-10-5-2-3-7-12(10)16-13(18)9-17-8-4-6-11(15)14(17)19/h2-8H,9H2,1H3,(H,16,18). The number of para-hydroxylation sites is 1. The van der Waals surface area contributed by atoms with E-state index in [4.69, 9.17) is 0 Å². The number of amides is 1. The number of pyridine rings is 1. The van der Waals surface area contributed by atoms with E-state index in [2.05, 4.69) is 21.2 Å². The van der Waals surface area contributed by atoms with Gasteiger partial charge >= 0.3 is 0 Å². The fraction of sp³-hybridized carbons (Fsp3) is 0.143. The van der Waals surface area contributed by atoms with Crippen LogP contribution in [-0.2, 0) is 11.3 Å². The second-order valence-corrected chi connectivity index (χ2v) is 5.01. The average Bonchev–Trinajstić information content (AvgIpc) is 2.38. The third-order valence-corrected chi connectivity index (χ3v) is 3.31. The molecule has 0 atom stereocenters. The Morgan fingerprint density at radius 3 is 2.74 bits per heavy atom.